The maximum atomic E-state index is 8.33. The molecule has 0 saturated heterocycles. The van der Waals surface area contributed by atoms with E-state index in [1.54, 1.807) is 11.8 Å². The Morgan fingerprint density at radius 3 is 3.11 bits per heavy atom. The quantitative estimate of drug-likeness (QED) is 0.345. The summed E-state index contributed by atoms with van der Waals surface area (Å²) in [4.78, 5) is 1.12. The van der Waals surface area contributed by atoms with Crippen molar-refractivity contribution in [1.29, 1.82) is 0 Å². The first-order valence-electron chi connectivity index (χ1n) is 2.86. The number of thioether (sulfide) groups is 1. The van der Waals surface area contributed by atoms with E-state index >= 15 is 0 Å². The number of oxime groups is 1. The van der Waals surface area contributed by atoms with Gasteiger partial charge in [0.05, 0.1) is 5.71 Å². The second-order valence-electron chi connectivity index (χ2n) is 1.89. The van der Waals surface area contributed by atoms with E-state index in [2.05, 4.69) is 11.2 Å². The van der Waals surface area contributed by atoms with E-state index in [0.717, 1.165) is 22.8 Å². The van der Waals surface area contributed by atoms with Crippen LogP contribution in [0.5, 0.6) is 0 Å². The highest BCUT2D eigenvalue weighted by Crippen LogP contribution is 2.25. The monoisotopic (exact) mass is 143 g/mol. The minimum atomic E-state index is 0.734. The van der Waals surface area contributed by atoms with Gasteiger partial charge >= 0.3 is 0 Å². The predicted octanol–water partition coefficient (Wildman–Crippen LogP) is 1.86. The Labute approximate surface area is 58.6 Å². The summed E-state index contributed by atoms with van der Waals surface area (Å²) in [6.07, 6.45) is 3.20. The largest absolute Gasteiger partial charge is 0.411 e. The molecule has 1 rings (SSSR count). The van der Waals surface area contributed by atoms with Crippen LogP contribution < -0.4 is 0 Å². The first-order chi connectivity index (χ1) is 4.34. The number of nitrogens with zero attached hydrogens (tertiary/aromatic N) is 1. The first kappa shape index (κ1) is 6.68. The maximum absolute atomic E-state index is 8.33. The van der Waals surface area contributed by atoms with E-state index in [1.807, 2.05) is 6.92 Å². The molecular formula is C6H9NOS. The van der Waals surface area contributed by atoms with Gasteiger partial charge < -0.3 is 5.21 Å². The van der Waals surface area contributed by atoms with Crippen LogP contribution in [0.2, 0.25) is 0 Å². The van der Waals surface area contributed by atoms with Crippen molar-refractivity contribution in [2.45, 2.75) is 13.3 Å². The number of allylic oxidation sites excluding steroid dienone is 2. The van der Waals surface area contributed by atoms with Crippen molar-refractivity contribution < 1.29 is 5.21 Å². The molecular weight excluding hydrogens is 134 g/mol. The molecule has 50 valence electrons. The number of hydrogen-bond donors (Lipinski definition) is 1. The van der Waals surface area contributed by atoms with Crippen LogP contribution in [0.4, 0.5) is 0 Å². The fraction of sp³-hybridized carbons (Fsp3) is 0.500. The van der Waals surface area contributed by atoms with Crippen molar-refractivity contribution in [3.05, 3.63) is 11.0 Å². The van der Waals surface area contributed by atoms with Crippen molar-refractivity contribution in [1.82, 2.24) is 0 Å². The lowest BCUT2D eigenvalue weighted by Crippen LogP contribution is -1.89. The van der Waals surface area contributed by atoms with Crippen molar-refractivity contribution in [3.8, 4) is 0 Å². The van der Waals surface area contributed by atoms with Gasteiger partial charge in [0.15, 0.2) is 0 Å². The molecule has 1 aliphatic rings. The molecule has 0 radical (unpaired) electrons. The Kier molecular flexibility index (Phi) is 2.16. The van der Waals surface area contributed by atoms with Gasteiger partial charge in [0.2, 0.25) is 0 Å². The molecule has 0 spiro atoms. The molecule has 0 unspecified atom stereocenters. The Balaban J connectivity index is 2.61. The van der Waals surface area contributed by atoms with Gasteiger partial charge in [0.1, 0.15) is 0 Å². The fourth-order valence-electron chi connectivity index (χ4n) is 0.719. The van der Waals surface area contributed by atoms with E-state index in [-0.39, 0.29) is 0 Å². The van der Waals surface area contributed by atoms with Gasteiger partial charge in [0, 0.05) is 10.7 Å². The van der Waals surface area contributed by atoms with Crippen LogP contribution in [-0.4, -0.2) is 16.7 Å². The zero-order valence-electron chi connectivity index (χ0n) is 5.29. The topological polar surface area (TPSA) is 32.6 Å². The average Bonchev–Trinajstić information content (AvgIpc) is 2.37. The summed E-state index contributed by atoms with van der Waals surface area (Å²) in [6.45, 7) is 1.81. The molecule has 1 aliphatic heterocycles. The highest BCUT2D eigenvalue weighted by atomic mass is 32.2. The Bertz CT molecular complexity index is 162. The third-order valence-electron chi connectivity index (χ3n) is 1.21. The molecule has 0 aromatic rings. The van der Waals surface area contributed by atoms with Crippen LogP contribution in [0.1, 0.15) is 13.3 Å². The Morgan fingerprint density at radius 1 is 1.89 bits per heavy atom. The summed E-state index contributed by atoms with van der Waals surface area (Å²) >= 11 is 1.75. The molecule has 2 nitrogen and oxygen atoms in total. The third kappa shape index (κ3) is 1.48. The molecule has 0 aromatic carbocycles. The van der Waals surface area contributed by atoms with Gasteiger partial charge in [-0.3, -0.25) is 0 Å². The van der Waals surface area contributed by atoms with E-state index in [4.69, 9.17) is 5.21 Å². The Hall–Kier alpha value is -0.440. The predicted molar refractivity (Wildman–Crippen MR) is 40.1 cm³/mol. The molecule has 1 heterocycles. The summed E-state index contributed by atoms with van der Waals surface area (Å²) in [5.74, 6) is 1.13. The summed E-state index contributed by atoms with van der Waals surface area (Å²) in [5, 5.41) is 11.4. The van der Waals surface area contributed by atoms with Gasteiger partial charge in [0.25, 0.3) is 0 Å². The zero-order valence-corrected chi connectivity index (χ0v) is 6.11. The van der Waals surface area contributed by atoms with Crippen LogP contribution >= 0.6 is 11.8 Å². The second kappa shape index (κ2) is 2.92. The SMILES string of the molecule is C/C(=N/O)C1=CCCS1. The molecule has 0 fully saturated rings. The molecule has 0 bridgehead atoms. The normalized spacial score (nSPS) is 20.1. The van der Waals surface area contributed by atoms with Crippen LogP contribution in [0.15, 0.2) is 16.1 Å². The second-order valence-corrected chi connectivity index (χ2v) is 3.03. The first-order valence-corrected chi connectivity index (χ1v) is 3.85. The number of hydrogen-bond acceptors (Lipinski definition) is 3. The number of rotatable bonds is 1. The van der Waals surface area contributed by atoms with Crippen LogP contribution in [0.25, 0.3) is 0 Å². The minimum absolute atomic E-state index is 0.734. The van der Waals surface area contributed by atoms with E-state index in [1.165, 1.54) is 0 Å². The molecule has 0 aliphatic carbocycles. The van der Waals surface area contributed by atoms with Gasteiger partial charge in [-0.2, -0.15) is 0 Å². The summed E-state index contributed by atoms with van der Waals surface area (Å²) in [6, 6.07) is 0. The van der Waals surface area contributed by atoms with Gasteiger partial charge in [-0.25, -0.2) is 0 Å². The van der Waals surface area contributed by atoms with Crippen LogP contribution in [0.3, 0.4) is 0 Å². The lowest BCUT2D eigenvalue weighted by molar-refractivity contribution is 0.319. The van der Waals surface area contributed by atoms with Crippen molar-refractivity contribution >= 4 is 17.5 Å². The smallest absolute Gasteiger partial charge is 0.0896 e. The molecule has 9 heavy (non-hydrogen) atoms. The molecule has 1 N–H and O–H groups in total. The lowest BCUT2D eigenvalue weighted by Gasteiger charge is -1.93. The van der Waals surface area contributed by atoms with Crippen LogP contribution in [0, 0.1) is 0 Å². The van der Waals surface area contributed by atoms with Crippen LogP contribution in [-0.2, 0) is 0 Å². The standard InChI is InChI=1S/C6H9NOS/c1-5(7-8)6-3-2-4-9-6/h3,8H,2,4H2,1H3/b7-5-. The van der Waals surface area contributed by atoms with E-state index < -0.39 is 0 Å². The lowest BCUT2D eigenvalue weighted by atomic mass is 10.3. The van der Waals surface area contributed by atoms with Gasteiger partial charge in [-0.15, -0.1) is 11.8 Å². The molecule has 0 aromatic heterocycles. The highest BCUT2D eigenvalue weighted by Gasteiger charge is 2.07. The third-order valence-corrected chi connectivity index (χ3v) is 2.42. The summed E-state index contributed by atoms with van der Waals surface area (Å²) < 4.78 is 0. The summed E-state index contributed by atoms with van der Waals surface area (Å²) in [5.41, 5.74) is 0.734. The Morgan fingerprint density at radius 2 is 2.67 bits per heavy atom. The van der Waals surface area contributed by atoms with Crippen molar-refractivity contribution in [3.63, 3.8) is 0 Å². The average molecular weight is 143 g/mol. The van der Waals surface area contributed by atoms with E-state index in [0.29, 0.717) is 0 Å². The zero-order chi connectivity index (χ0) is 6.69. The van der Waals surface area contributed by atoms with Crippen molar-refractivity contribution in [2.75, 3.05) is 5.75 Å². The fourth-order valence-corrected chi connectivity index (χ4v) is 1.66. The van der Waals surface area contributed by atoms with E-state index in [9.17, 15) is 0 Å². The van der Waals surface area contributed by atoms with Crippen molar-refractivity contribution in [2.24, 2.45) is 5.16 Å². The molecule has 0 atom stereocenters. The van der Waals surface area contributed by atoms with Gasteiger partial charge in [-0.05, 0) is 13.3 Å². The summed E-state index contributed by atoms with van der Waals surface area (Å²) in [7, 11) is 0. The minimum Gasteiger partial charge on any atom is -0.411 e. The maximum Gasteiger partial charge on any atom is 0.0896 e. The molecule has 0 saturated carbocycles. The highest BCUT2D eigenvalue weighted by molar-refractivity contribution is 8.04. The van der Waals surface area contributed by atoms with Gasteiger partial charge in [-0.1, -0.05) is 11.2 Å². The molecule has 0 amide bonds. The molecule has 3 heteroatoms.